The Morgan fingerprint density at radius 1 is 1.00 bits per heavy atom. The van der Waals surface area contributed by atoms with Gasteiger partial charge in [0.15, 0.2) is 5.69 Å². The summed E-state index contributed by atoms with van der Waals surface area (Å²) in [5, 5.41) is 3.89. The summed E-state index contributed by atoms with van der Waals surface area (Å²) >= 11 is 0. The fraction of sp³-hybridized carbons (Fsp3) is 0.190. The Balaban J connectivity index is 1.39. The zero-order valence-electron chi connectivity index (χ0n) is 15.5. The first-order chi connectivity index (χ1) is 14.5. The second-order valence-corrected chi connectivity index (χ2v) is 6.90. The summed E-state index contributed by atoms with van der Waals surface area (Å²) < 4.78 is 51.5. The summed E-state index contributed by atoms with van der Waals surface area (Å²) in [6.45, 7) is 0.930. The number of fused-ring (bicyclic) bond motifs is 1. The first kappa shape index (κ1) is 18.6. The molecule has 0 fully saturated rings. The molecule has 9 heteroatoms. The van der Waals surface area contributed by atoms with Crippen LogP contribution in [0, 0.1) is 0 Å². The number of halogens is 3. The lowest BCUT2D eigenvalue weighted by atomic mass is 10.1. The molecule has 1 atom stereocenters. The van der Waals surface area contributed by atoms with E-state index in [9.17, 15) is 13.2 Å². The van der Waals surface area contributed by atoms with E-state index in [1.54, 1.807) is 6.33 Å². The number of aromatic nitrogens is 4. The van der Waals surface area contributed by atoms with Gasteiger partial charge in [-0.1, -0.05) is 47.6 Å². The van der Waals surface area contributed by atoms with Crippen LogP contribution in [0.3, 0.4) is 0 Å². The van der Waals surface area contributed by atoms with E-state index >= 15 is 0 Å². The molecule has 0 bridgehead atoms. The van der Waals surface area contributed by atoms with E-state index in [0.29, 0.717) is 24.4 Å². The van der Waals surface area contributed by atoms with Gasteiger partial charge in [-0.05, 0) is 17.7 Å². The van der Waals surface area contributed by atoms with Crippen LogP contribution in [-0.4, -0.2) is 19.7 Å². The molecule has 2 aromatic heterocycles. The molecule has 0 aliphatic carbocycles. The fourth-order valence-electron chi connectivity index (χ4n) is 3.42. The Bertz CT molecular complexity index is 1170. The number of rotatable bonds is 3. The predicted molar refractivity (Wildman–Crippen MR) is 99.9 cm³/mol. The van der Waals surface area contributed by atoms with Gasteiger partial charge in [0.05, 0.1) is 30.7 Å². The number of hydrogen-bond donors (Lipinski definition) is 0. The fourth-order valence-corrected chi connectivity index (χ4v) is 3.42. The van der Waals surface area contributed by atoms with Gasteiger partial charge in [0, 0.05) is 5.56 Å². The Labute approximate surface area is 168 Å². The molecule has 1 aliphatic heterocycles. The van der Waals surface area contributed by atoms with E-state index in [1.807, 2.05) is 34.9 Å². The van der Waals surface area contributed by atoms with Gasteiger partial charge in [-0.3, -0.25) is 0 Å². The van der Waals surface area contributed by atoms with Crippen LogP contribution in [0.15, 0.2) is 65.4 Å². The second-order valence-electron chi connectivity index (χ2n) is 6.90. The summed E-state index contributed by atoms with van der Waals surface area (Å²) in [6, 6.07) is 14.5. The van der Waals surface area contributed by atoms with Crippen LogP contribution in [0.2, 0.25) is 0 Å². The van der Waals surface area contributed by atoms with E-state index in [4.69, 9.17) is 9.26 Å². The smallest absolute Gasteiger partial charge is 0.365 e. The van der Waals surface area contributed by atoms with Gasteiger partial charge in [-0.25, -0.2) is 4.98 Å². The lowest BCUT2D eigenvalue weighted by Gasteiger charge is -2.25. The molecular formula is C21H15F3N4O2. The summed E-state index contributed by atoms with van der Waals surface area (Å²) in [4.78, 5) is 8.70. The van der Waals surface area contributed by atoms with Crippen LogP contribution in [-0.2, 0) is 24.1 Å². The Morgan fingerprint density at radius 3 is 2.50 bits per heavy atom. The van der Waals surface area contributed by atoms with Gasteiger partial charge in [0.1, 0.15) is 6.10 Å². The van der Waals surface area contributed by atoms with Gasteiger partial charge < -0.3 is 13.8 Å². The molecule has 0 unspecified atom stereocenters. The average molecular weight is 412 g/mol. The lowest BCUT2D eigenvalue weighted by Crippen LogP contribution is -2.20. The number of nitrogens with zero attached hydrogens (tertiary/aromatic N) is 4. The summed E-state index contributed by atoms with van der Waals surface area (Å²) in [5.41, 5.74) is 2.09. The summed E-state index contributed by atoms with van der Waals surface area (Å²) in [6.07, 6.45) is -2.77. The molecule has 4 aromatic rings. The van der Waals surface area contributed by atoms with Crippen LogP contribution in [0.5, 0.6) is 0 Å². The highest BCUT2D eigenvalue weighted by Crippen LogP contribution is 2.33. The van der Waals surface area contributed by atoms with Gasteiger partial charge in [0.2, 0.25) is 5.82 Å². The number of alkyl halides is 3. The van der Waals surface area contributed by atoms with Crippen molar-refractivity contribution in [1.29, 1.82) is 0 Å². The molecule has 30 heavy (non-hydrogen) atoms. The first-order valence-electron chi connectivity index (χ1n) is 9.21. The zero-order chi connectivity index (χ0) is 20.7. The van der Waals surface area contributed by atoms with Crippen LogP contribution in [0.25, 0.3) is 23.0 Å². The molecule has 1 aliphatic rings. The van der Waals surface area contributed by atoms with Crippen molar-refractivity contribution in [3.63, 3.8) is 0 Å². The molecule has 2 aromatic carbocycles. The standard InChI is InChI=1S/C21H15F3N4O2/c22-21(23,24)15-8-6-14(7-9-15)19-26-20(30-27-19)18-16-11-29-17(10-28(16)12-25-18)13-4-2-1-3-5-13/h1-9,12,17H,10-11H2/t17-/m0/s1. The number of ether oxygens (including phenoxy) is 1. The third kappa shape index (κ3) is 3.37. The molecule has 0 saturated heterocycles. The maximum absolute atomic E-state index is 12.7. The largest absolute Gasteiger partial charge is 0.416 e. The van der Waals surface area contributed by atoms with Gasteiger partial charge in [0.25, 0.3) is 5.89 Å². The van der Waals surface area contributed by atoms with Crippen LogP contribution in [0.1, 0.15) is 22.9 Å². The highest BCUT2D eigenvalue weighted by atomic mass is 19.4. The first-order valence-corrected chi connectivity index (χ1v) is 9.21. The van der Waals surface area contributed by atoms with Crippen LogP contribution < -0.4 is 0 Å². The summed E-state index contributed by atoms with van der Waals surface area (Å²) in [5.74, 6) is 0.389. The minimum Gasteiger partial charge on any atom is -0.365 e. The van der Waals surface area contributed by atoms with Crippen molar-refractivity contribution in [2.45, 2.75) is 25.4 Å². The zero-order valence-corrected chi connectivity index (χ0v) is 15.5. The van der Waals surface area contributed by atoms with E-state index in [2.05, 4.69) is 15.1 Å². The molecule has 0 radical (unpaired) electrons. The van der Waals surface area contributed by atoms with E-state index in [1.165, 1.54) is 12.1 Å². The maximum atomic E-state index is 12.7. The molecule has 0 N–H and O–H groups in total. The van der Waals surface area contributed by atoms with Crippen molar-refractivity contribution in [1.82, 2.24) is 19.7 Å². The van der Waals surface area contributed by atoms with Crippen molar-refractivity contribution >= 4 is 0 Å². The highest BCUT2D eigenvalue weighted by Gasteiger charge is 2.30. The maximum Gasteiger partial charge on any atom is 0.416 e. The predicted octanol–water partition coefficient (Wildman–Crippen LogP) is 4.89. The quantitative estimate of drug-likeness (QED) is 0.479. The number of imidazole rings is 1. The highest BCUT2D eigenvalue weighted by molar-refractivity contribution is 5.59. The third-order valence-electron chi connectivity index (χ3n) is 5.00. The Morgan fingerprint density at radius 2 is 1.77 bits per heavy atom. The Kier molecular flexibility index (Phi) is 4.39. The normalized spacial score (nSPS) is 16.4. The monoisotopic (exact) mass is 412 g/mol. The molecule has 0 amide bonds. The van der Waals surface area contributed by atoms with Crippen molar-refractivity contribution in [2.75, 3.05) is 0 Å². The second kappa shape index (κ2) is 7.10. The molecule has 0 saturated carbocycles. The van der Waals surface area contributed by atoms with Gasteiger partial charge in [-0.2, -0.15) is 18.2 Å². The van der Waals surface area contributed by atoms with Gasteiger partial charge in [-0.15, -0.1) is 0 Å². The number of benzene rings is 2. The molecule has 152 valence electrons. The molecule has 0 spiro atoms. The average Bonchev–Trinajstić information content (AvgIpc) is 3.40. The van der Waals surface area contributed by atoms with Crippen molar-refractivity contribution in [2.24, 2.45) is 0 Å². The lowest BCUT2D eigenvalue weighted by molar-refractivity contribution is -0.137. The van der Waals surface area contributed by atoms with E-state index in [-0.39, 0.29) is 17.8 Å². The van der Waals surface area contributed by atoms with Crippen LogP contribution >= 0.6 is 0 Å². The Hall–Kier alpha value is -3.46. The minimum absolute atomic E-state index is 0.0776. The molecule has 5 rings (SSSR count). The SMILES string of the molecule is FC(F)(F)c1ccc(-c2noc(-c3ncn4c3CO[C@H](c3ccccc3)C4)n2)cc1. The molecule has 3 heterocycles. The van der Waals surface area contributed by atoms with Gasteiger partial charge >= 0.3 is 6.18 Å². The van der Waals surface area contributed by atoms with Crippen molar-refractivity contribution < 1.29 is 22.4 Å². The molecule has 6 nitrogen and oxygen atoms in total. The van der Waals surface area contributed by atoms with E-state index in [0.717, 1.165) is 23.4 Å². The van der Waals surface area contributed by atoms with Crippen molar-refractivity contribution in [3.05, 3.63) is 77.7 Å². The van der Waals surface area contributed by atoms with Crippen molar-refractivity contribution in [3.8, 4) is 23.0 Å². The van der Waals surface area contributed by atoms with E-state index < -0.39 is 11.7 Å². The number of hydrogen-bond acceptors (Lipinski definition) is 5. The summed E-state index contributed by atoms with van der Waals surface area (Å²) in [7, 11) is 0. The van der Waals surface area contributed by atoms with Crippen LogP contribution in [0.4, 0.5) is 13.2 Å². The molecular weight excluding hydrogens is 397 g/mol. The third-order valence-corrected chi connectivity index (χ3v) is 5.00. The minimum atomic E-state index is -4.39. The topological polar surface area (TPSA) is 66.0 Å².